The first kappa shape index (κ1) is 20.6. The Morgan fingerprint density at radius 3 is 1.86 bits per heavy atom. The summed E-state index contributed by atoms with van der Waals surface area (Å²) >= 11 is 0. The molecule has 0 heterocycles. The molecule has 0 radical (unpaired) electrons. The molecule has 1 aromatic carbocycles. The highest BCUT2D eigenvalue weighted by Crippen LogP contribution is 2.40. The fourth-order valence-electron chi connectivity index (χ4n) is 1.85. The Kier molecular flexibility index (Phi) is 7.78. The van der Waals surface area contributed by atoms with Crippen LogP contribution in [0.2, 0.25) is 0 Å². The highest BCUT2D eigenvalue weighted by Gasteiger charge is 2.39. The first-order valence-corrected chi connectivity index (χ1v) is 6.04. The predicted octanol–water partition coefficient (Wildman–Crippen LogP) is 2.45. The maximum absolute atomic E-state index is 12.5. The number of ether oxygens (including phenoxy) is 3. The van der Waals surface area contributed by atoms with Crippen molar-refractivity contribution in [3.05, 3.63) is 17.7 Å². The van der Waals surface area contributed by atoms with Gasteiger partial charge < -0.3 is 25.1 Å². The van der Waals surface area contributed by atoms with Gasteiger partial charge in [0.1, 0.15) is 23.3 Å². The van der Waals surface area contributed by atoms with Crippen LogP contribution in [-0.2, 0) is 0 Å². The Bertz CT molecular complexity index is 460. The standard InChI is InChI=1S/C13H18F3NO4.ClH/c1-19-7-4-9(20-2)12(10(5-7)21-3)8(18)6-11(17)13(14,15)16;/h4-5,8,11,18H,6,17H2,1-3H3;1H/t8-,11+;/m1./s1. The largest absolute Gasteiger partial charge is 0.496 e. The maximum Gasteiger partial charge on any atom is 0.403 e. The summed E-state index contributed by atoms with van der Waals surface area (Å²) in [5.74, 6) is 0.709. The number of aliphatic hydroxyl groups excluding tert-OH is 1. The van der Waals surface area contributed by atoms with Crippen LogP contribution in [0.15, 0.2) is 12.1 Å². The third-order valence-corrected chi connectivity index (χ3v) is 2.98. The Balaban J connectivity index is 0.00000441. The van der Waals surface area contributed by atoms with Crippen molar-refractivity contribution in [3.63, 3.8) is 0 Å². The van der Waals surface area contributed by atoms with Crippen LogP contribution in [0, 0.1) is 0 Å². The minimum atomic E-state index is -4.59. The van der Waals surface area contributed by atoms with Gasteiger partial charge in [0, 0.05) is 18.6 Å². The normalized spacial score (nSPS) is 13.8. The summed E-state index contributed by atoms with van der Waals surface area (Å²) in [6.45, 7) is 0. The lowest BCUT2D eigenvalue weighted by Gasteiger charge is -2.22. The zero-order valence-electron chi connectivity index (χ0n) is 12.3. The minimum Gasteiger partial charge on any atom is -0.496 e. The summed E-state index contributed by atoms with van der Waals surface area (Å²) in [7, 11) is 4.08. The van der Waals surface area contributed by atoms with Crippen molar-refractivity contribution in [1.82, 2.24) is 0 Å². The van der Waals surface area contributed by atoms with Gasteiger partial charge in [-0.25, -0.2) is 0 Å². The number of nitrogens with two attached hydrogens (primary N) is 1. The summed E-state index contributed by atoms with van der Waals surface area (Å²) in [4.78, 5) is 0. The van der Waals surface area contributed by atoms with Gasteiger partial charge in [-0.2, -0.15) is 13.2 Å². The van der Waals surface area contributed by atoms with Crippen molar-refractivity contribution in [2.45, 2.75) is 24.7 Å². The van der Waals surface area contributed by atoms with E-state index in [9.17, 15) is 18.3 Å². The zero-order valence-corrected chi connectivity index (χ0v) is 13.1. The van der Waals surface area contributed by atoms with Crippen LogP contribution in [0.5, 0.6) is 17.2 Å². The van der Waals surface area contributed by atoms with E-state index in [1.54, 1.807) is 0 Å². The summed E-state index contributed by atoms with van der Waals surface area (Å²) in [6, 6.07) is 0.740. The predicted molar refractivity (Wildman–Crippen MR) is 77.0 cm³/mol. The van der Waals surface area contributed by atoms with E-state index in [0.717, 1.165) is 0 Å². The van der Waals surface area contributed by atoms with E-state index in [1.807, 2.05) is 0 Å². The van der Waals surface area contributed by atoms with E-state index in [2.05, 4.69) is 0 Å². The average Bonchev–Trinajstić information content (AvgIpc) is 2.44. The fourth-order valence-corrected chi connectivity index (χ4v) is 1.85. The number of hydrogen-bond donors (Lipinski definition) is 2. The van der Waals surface area contributed by atoms with E-state index in [4.69, 9.17) is 19.9 Å². The first-order chi connectivity index (χ1) is 9.74. The van der Waals surface area contributed by atoms with Crippen LogP contribution in [0.3, 0.4) is 0 Å². The molecule has 3 N–H and O–H groups in total. The van der Waals surface area contributed by atoms with Crippen molar-refractivity contribution in [2.24, 2.45) is 5.73 Å². The molecule has 0 aliphatic rings. The summed E-state index contributed by atoms with van der Waals surface area (Å²) < 4.78 is 52.6. The van der Waals surface area contributed by atoms with Gasteiger partial charge in [-0.3, -0.25) is 0 Å². The minimum absolute atomic E-state index is 0. The Morgan fingerprint density at radius 1 is 1.09 bits per heavy atom. The summed E-state index contributed by atoms with van der Waals surface area (Å²) in [6.07, 6.45) is -6.78. The molecule has 1 aromatic rings. The molecular weight excluding hydrogens is 327 g/mol. The number of aliphatic hydroxyl groups is 1. The molecule has 0 amide bonds. The molecule has 0 saturated carbocycles. The van der Waals surface area contributed by atoms with Gasteiger partial charge in [0.25, 0.3) is 0 Å². The second-order valence-corrected chi connectivity index (χ2v) is 4.35. The van der Waals surface area contributed by atoms with Crippen LogP contribution < -0.4 is 19.9 Å². The lowest BCUT2D eigenvalue weighted by atomic mass is 9.99. The topological polar surface area (TPSA) is 73.9 Å². The molecule has 0 spiro atoms. The molecule has 22 heavy (non-hydrogen) atoms. The Labute approximate surface area is 132 Å². The highest BCUT2D eigenvalue weighted by molar-refractivity contribution is 5.85. The van der Waals surface area contributed by atoms with E-state index in [0.29, 0.717) is 5.75 Å². The van der Waals surface area contributed by atoms with Gasteiger partial charge in [-0.05, 0) is 0 Å². The molecule has 5 nitrogen and oxygen atoms in total. The molecule has 0 fully saturated rings. The Hall–Kier alpha value is -1.38. The number of methoxy groups -OCH3 is 3. The highest BCUT2D eigenvalue weighted by atomic mass is 35.5. The van der Waals surface area contributed by atoms with E-state index < -0.39 is 24.7 Å². The van der Waals surface area contributed by atoms with Crippen molar-refractivity contribution in [3.8, 4) is 17.2 Å². The van der Waals surface area contributed by atoms with Gasteiger partial charge >= 0.3 is 6.18 Å². The van der Waals surface area contributed by atoms with Crippen LogP contribution in [0.4, 0.5) is 13.2 Å². The van der Waals surface area contributed by atoms with E-state index in [1.165, 1.54) is 33.5 Å². The van der Waals surface area contributed by atoms with Gasteiger partial charge in [0.15, 0.2) is 0 Å². The molecule has 0 aliphatic heterocycles. The second-order valence-electron chi connectivity index (χ2n) is 4.35. The molecule has 9 heteroatoms. The van der Waals surface area contributed by atoms with Crippen LogP contribution in [0.25, 0.3) is 0 Å². The third kappa shape index (κ3) is 4.82. The molecule has 128 valence electrons. The second kappa shape index (κ2) is 8.30. The first-order valence-electron chi connectivity index (χ1n) is 6.04. The number of rotatable bonds is 6. The molecule has 1 rings (SSSR count). The monoisotopic (exact) mass is 345 g/mol. The van der Waals surface area contributed by atoms with Crippen LogP contribution >= 0.6 is 12.4 Å². The number of alkyl halides is 3. The third-order valence-electron chi connectivity index (χ3n) is 2.98. The van der Waals surface area contributed by atoms with Crippen LogP contribution in [-0.4, -0.2) is 38.7 Å². The lowest BCUT2D eigenvalue weighted by molar-refractivity contribution is -0.154. The fraction of sp³-hybridized carbons (Fsp3) is 0.538. The Morgan fingerprint density at radius 2 is 1.55 bits per heavy atom. The SMILES string of the molecule is COc1cc(OC)c([C@H](O)C[C@H](N)C(F)(F)F)c(OC)c1.Cl. The number of benzene rings is 1. The molecular formula is C13H19ClF3NO4. The van der Waals surface area contributed by atoms with Gasteiger partial charge in [-0.1, -0.05) is 0 Å². The smallest absolute Gasteiger partial charge is 0.403 e. The molecule has 0 saturated heterocycles. The molecule has 0 aromatic heterocycles. The lowest BCUT2D eigenvalue weighted by Crippen LogP contribution is -2.38. The van der Waals surface area contributed by atoms with Crippen molar-refractivity contribution < 1.29 is 32.5 Å². The van der Waals surface area contributed by atoms with Gasteiger partial charge in [-0.15, -0.1) is 12.4 Å². The summed E-state index contributed by atoms with van der Waals surface area (Å²) in [5.41, 5.74) is 5.13. The van der Waals surface area contributed by atoms with Gasteiger partial charge in [0.05, 0.1) is 33.0 Å². The zero-order chi connectivity index (χ0) is 16.2. The molecule has 0 aliphatic carbocycles. The average molecular weight is 346 g/mol. The molecule has 2 atom stereocenters. The van der Waals surface area contributed by atoms with E-state index in [-0.39, 0.29) is 29.5 Å². The maximum atomic E-state index is 12.5. The molecule has 0 bridgehead atoms. The van der Waals surface area contributed by atoms with Gasteiger partial charge in [0.2, 0.25) is 0 Å². The quantitative estimate of drug-likeness (QED) is 0.828. The van der Waals surface area contributed by atoms with Crippen LogP contribution in [0.1, 0.15) is 18.1 Å². The molecule has 0 unspecified atom stereocenters. The summed E-state index contributed by atoms with van der Waals surface area (Å²) in [5, 5.41) is 10.1. The number of halogens is 4. The van der Waals surface area contributed by atoms with Crippen molar-refractivity contribution >= 4 is 12.4 Å². The van der Waals surface area contributed by atoms with Crippen molar-refractivity contribution in [1.29, 1.82) is 0 Å². The van der Waals surface area contributed by atoms with E-state index >= 15 is 0 Å². The number of hydrogen-bond acceptors (Lipinski definition) is 5. The van der Waals surface area contributed by atoms with Crippen molar-refractivity contribution in [2.75, 3.05) is 21.3 Å².